The molecule has 0 aromatic rings. The molecule has 0 spiro atoms. The molecule has 0 bridgehead atoms. The van der Waals surface area contributed by atoms with Crippen LogP contribution in [0.1, 0.15) is 0 Å². The minimum absolute atomic E-state index is 0.248. The third-order valence-electron chi connectivity index (χ3n) is 1.56. The minimum Gasteiger partial charge on any atom is -0.530 e. The Bertz CT molecular complexity index is 225. The summed E-state index contributed by atoms with van der Waals surface area (Å²) in [6.45, 7) is 0.533. The van der Waals surface area contributed by atoms with E-state index in [2.05, 4.69) is 15.3 Å². The standard InChI is InChI=1S/C5H8N4O3/c6-9-8-4-2-12-1-3(4)7-5(10)11/h3-4,6-7H,1-2H2/t3-,4+/m0/s1. The summed E-state index contributed by atoms with van der Waals surface area (Å²) >= 11 is 0. The molecule has 0 aliphatic carbocycles. The van der Waals surface area contributed by atoms with Crippen molar-refractivity contribution < 1.29 is 14.6 Å². The number of carbonyl (C=O) groups excluding carboxylic acids is 1. The van der Waals surface area contributed by atoms with E-state index in [9.17, 15) is 9.90 Å². The summed E-state index contributed by atoms with van der Waals surface area (Å²) in [5.41, 5.74) is 6.45. The Morgan fingerprint density at radius 2 is 2.50 bits per heavy atom. The van der Waals surface area contributed by atoms with E-state index in [1.807, 2.05) is 0 Å². The second-order valence-electron chi connectivity index (χ2n) is 2.36. The molecule has 0 saturated carbocycles. The Morgan fingerprint density at radius 3 is 3.08 bits per heavy atom. The maximum atomic E-state index is 10.1. The average Bonchev–Trinajstić information content (AvgIpc) is 2.37. The number of ether oxygens (including phenoxy) is 1. The van der Waals surface area contributed by atoms with Crippen LogP contribution in [0.25, 0.3) is 0 Å². The maximum absolute atomic E-state index is 10.1. The van der Waals surface area contributed by atoms with E-state index in [1.165, 1.54) is 0 Å². The van der Waals surface area contributed by atoms with E-state index >= 15 is 0 Å². The molecule has 2 N–H and O–H groups in total. The van der Waals surface area contributed by atoms with Crippen molar-refractivity contribution in [2.45, 2.75) is 12.1 Å². The van der Waals surface area contributed by atoms with Crippen molar-refractivity contribution >= 4 is 6.09 Å². The summed E-state index contributed by atoms with van der Waals surface area (Å²) < 4.78 is 4.93. The van der Waals surface area contributed by atoms with Gasteiger partial charge >= 0.3 is 0 Å². The first-order chi connectivity index (χ1) is 5.74. The van der Waals surface area contributed by atoms with Crippen LogP contribution in [0.4, 0.5) is 4.79 Å². The van der Waals surface area contributed by atoms with Crippen molar-refractivity contribution in [3.63, 3.8) is 0 Å². The number of nitrogens with one attached hydrogen (secondary N) is 2. The van der Waals surface area contributed by atoms with Gasteiger partial charge in [0.25, 0.3) is 0 Å². The van der Waals surface area contributed by atoms with Gasteiger partial charge in [0.2, 0.25) is 4.91 Å². The van der Waals surface area contributed by atoms with Gasteiger partial charge in [-0.15, -0.1) is 0 Å². The molecule has 0 radical (unpaired) electrons. The van der Waals surface area contributed by atoms with Crippen molar-refractivity contribution in [1.82, 2.24) is 10.2 Å². The smallest absolute Gasteiger partial charge is 0.214 e. The number of hydrogen-bond acceptors (Lipinski definition) is 5. The lowest BCUT2D eigenvalue weighted by Crippen LogP contribution is -2.47. The zero-order chi connectivity index (χ0) is 8.97. The zero-order valence-corrected chi connectivity index (χ0v) is 6.19. The summed E-state index contributed by atoms with van der Waals surface area (Å²) in [6.07, 6.45) is -1.37. The molecule has 1 rings (SSSR count). The predicted molar refractivity (Wildman–Crippen MR) is 34.2 cm³/mol. The summed E-state index contributed by atoms with van der Waals surface area (Å²) in [5, 5.41) is 15.7. The molecule has 0 aromatic heterocycles. The first-order valence-electron chi connectivity index (χ1n) is 3.36. The topological polar surface area (TPSA) is 112 Å². The van der Waals surface area contributed by atoms with Crippen molar-refractivity contribution in [3.05, 3.63) is 0 Å². The molecular formula is C5H8N4O3. The quantitative estimate of drug-likeness (QED) is 0.380. The highest BCUT2D eigenvalue weighted by atomic mass is 16.5. The third-order valence-corrected chi connectivity index (χ3v) is 1.56. The van der Waals surface area contributed by atoms with Crippen molar-refractivity contribution in [1.29, 1.82) is 5.53 Å². The Balaban J connectivity index is 2.51. The molecule has 0 aromatic carbocycles. The lowest BCUT2D eigenvalue weighted by atomic mass is 10.2. The van der Waals surface area contributed by atoms with E-state index in [4.69, 9.17) is 10.3 Å². The normalized spacial score (nSPS) is 27.7. The molecule has 1 aliphatic rings. The lowest BCUT2D eigenvalue weighted by Gasteiger charge is -2.13. The second-order valence-corrected chi connectivity index (χ2v) is 2.36. The van der Waals surface area contributed by atoms with Crippen LogP contribution >= 0.6 is 0 Å². The largest absolute Gasteiger partial charge is 0.530 e. The van der Waals surface area contributed by atoms with Gasteiger partial charge in [-0.1, -0.05) is 0 Å². The first-order valence-corrected chi connectivity index (χ1v) is 3.36. The number of carbonyl (C=O) groups is 1. The zero-order valence-electron chi connectivity index (χ0n) is 6.19. The Labute approximate surface area is 67.9 Å². The SMILES string of the molecule is N=[N+]=N[C@@H]1COC[C@@H]1NC(=O)[O-]. The average molecular weight is 172 g/mol. The molecule has 1 fully saturated rings. The van der Waals surface area contributed by atoms with Crippen LogP contribution in [0.15, 0.2) is 5.11 Å². The van der Waals surface area contributed by atoms with Gasteiger partial charge < -0.3 is 20.0 Å². The molecule has 7 nitrogen and oxygen atoms in total. The number of nitrogens with zero attached hydrogens (tertiary/aromatic N) is 2. The van der Waals surface area contributed by atoms with Gasteiger partial charge in [-0.2, -0.15) is 0 Å². The predicted octanol–water partition coefficient (Wildman–Crippen LogP) is -1.76. The highest BCUT2D eigenvalue weighted by molar-refractivity contribution is 5.62. The maximum Gasteiger partial charge on any atom is 0.214 e. The second kappa shape index (κ2) is 3.80. The highest BCUT2D eigenvalue weighted by Crippen LogP contribution is 2.08. The van der Waals surface area contributed by atoms with Gasteiger partial charge in [0.05, 0.1) is 19.3 Å². The lowest BCUT2D eigenvalue weighted by molar-refractivity contribution is -0.251. The number of hydrogen-bond donors (Lipinski definition) is 2. The molecule has 1 amide bonds. The van der Waals surface area contributed by atoms with Crippen molar-refractivity contribution in [2.24, 2.45) is 5.11 Å². The van der Waals surface area contributed by atoms with Gasteiger partial charge in [0.1, 0.15) is 16.7 Å². The summed E-state index contributed by atoms with van der Waals surface area (Å²) in [4.78, 5) is 12.9. The highest BCUT2D eigenvalue weighted by Gasteiger charge is 2.31. The molecule has 12 heavy (non-hydrogen) atoms. The molecule has 2 atom stereocenters. The molecule has 1 saturated heterocycles. The van der Waals surface area contributed by atoms with Crippen molar-refractivity contribution in [3.8, 4) is 0 Å². The van der Waals surface area contributed by atoms with E-state index in [-0.39, 0.29) is 13.2 Å². The van der Waals surface area contributed by atoms with Gasteiger partial charge in [-0.05, 0) is 0 Å². The molecule has 1 aliphatic heterocycles. The number of carboxylic acid groups (broad SMARTS) is 1. The fraction of sp³-hybridized carbons (Fsp3) is 0.800. The van der Waals surface area contributed by atoms with E-state index in [1.54, 1.807) is 0 Å². The minimum atomic E-state index is -1.37. The third kappa shape index (κ3) is 2.01. The number of amides is 1. The van der Waals surface area contributed by atoms with Crippen LogP contribution in [-0.4, -0.2) is 31.4 Å². The fourth-order valence-electron chi connectivity index (χ4n) is 1.02. The van der Waals surface area contributed by atoms with E-state index < -0.39 is 18.2 Å². The van der Waals surface area contributed by atoms with Crippen LogP contribution in [-0.2, 0) is 4.74 Å². The molecule has 66 valence electrons. The summed E-state index contributed by atoms with van der Waals surface area (Å²) in [6, 6.07) is -0.843. The van der Waals surface area contributed by atoms with Gasteiger partial charge in [-0.3, -0.25) is 0 Å². The molecule has 0 unspecified atom stereocenters. The Kier molecular flexibility index (Phi) is 2.73. The van der Waals surface area contributed by atoms with Gasteiger partial charge in [-0.25, -0.2) is 0 Å². The van der Waals surface area contributed by atoms with E-state index in [0.717, 1.165) is 0 Å². The van der Waals surface area contributed by atoms with Gasteiger partial charge in [0, 0.05) is 0 Å². The summed E-state index contributed by atoms with van der Waals surface area (Å²) in [5.74, 6) is 0. The monoisotopic (exact) mass is 172 g/mol. The molecular weight excluding hydrogens is 164 g/mol. The van der Waals surface area contributed by atoms with Gasteiger partial charge in [0.15, 0.2) is 6.04 Å². The first kappa shape index (κ1) is 8.63. The van der Waals surface area contributed by atoms with Crippen LogP contribution in [0.3, 0.4) is 0 Å². The Hall–Kier alpha value is -1.46. The van der Waals surface area contributed by atoms with Crippen molar-refractivity contribution in [2.75, 3.05) is 13.2 Å². The van der Waals surface area contributed by atoms with Crippen LogP contribution < -0.4 is 15.3 Å². The number of rotatable bonds is 2. The van der Waals surface area contributed by atoms with Crippen LogP contribution in [0, 0.1) is 5.53 Å². The molecule has 7 heteroatoms. The summed E-state index contributed by atoms with van der Waals surface area (Å²) in [7, 11) is 0. The van der Waals surface area contributed by atoms with Crippen LogP contribution in [0.2, 0.25) is 0 Å². The fourth-order valence-corrected chi connectivity index (χ4v) is 1.02. The van der Waals surface area contributed by atoms with Crippen LogP contribution in [0.5, 0.6) is 0 Å². The van der Waals surface area contributed by atoms with E-state index in [0.29, 0.717) is 0 Å². The molecule has 1 heterocycles. The Morgan fingerprint density at radius 1 is 1.75 bits per heavy atom.